The Morgan fingerprint density at radius 1 is 1.25 bits per heavy atom. The Bertz CT molecular complexity index is 355. The molecule has 0 amide bonds. The van der Waals surface area contributed by atoms with Gasteiger partial charge >= 0.3 is 0 Å². The fraction of sp³-hybridized carbons (Fsp3) is 0.818. The molecule has 1 saturated heterocycles. The van der Waals surface area contributed by atoms with Gasteiger partial charge in [-0.25, -0.2) is 0 Å². The molecule has 4 atom stereocenters. The van der Waals surface area contributed by atoms with E-state index in [4.69, 9.17) is 4.74 Å². The Hall–Kier alpha value is -0.520. The summed E-state index contributed by atoms with van der Waals surface area (Å²) in [6.07, 6.45) is 0.567. The third-order valence-corrected chi connectivity index (χ3v) is 4.36. The van der Waals surface area contributed by atoms with E-state index in [1.165, 1.54) is 0 Å². The number of rotatable bonds is 3. The van der Waals surface area contributed by atoms with Gasteiger partial charge in [-0.15, -0.1) is 10.2 Å². The molecule has 2 rings (SSSR count). The molecule has 0 saturated carbocycles. The molecule has 4 unspecified atom stereocenters. The molecule has 90 valence electrons. The number of ether oxygens (including phenoxy) is 1. The van der Waals surface area contributed by atoms with Gasteiger partial charge in [0.1, 0.15) is 10.0 Å². The van der Waals surface area contributed by atoms with Crippen LogP contribution in [0, 0.1) is 5.92 Å². The van der Waals surface area contributed by atoms with E-state index in [-0.39, 0.29) is 6.10 Å². The first-order valence-electron chi connectivity index (χ1n) is 5.75. The van der Waals surface area contributed by atoms with Crippen LogP contribution in [0.3, 0.4) is 0 Å². The van der Waals surface area contributed by atoms with Crippen LogP contribution in [-0.2, 0) is 11.3 Å². The molecule has 1 aromatic heterocycles. The van der Waals surface area contributed by atoms with Crippen molar-refractivity contribution in [3.8, 4) is 0 Å². The number of hydrogen-bond donors (Lipinski definition) is 1. The SMILES string of the molecule is CNCc1nnc(C2C(C)OC(C)C2C)s1. The lowest BCUT2D eigenvalue weighted by molar-refractivity contribution is 0.0556. The summed E-state index contributed by atoms with van der Waals surface area (Å²) in [4.78, 5) is 0. The van der Waals surface area contributed by atoms with Gasteiger partial charge < -0.3 is 10.1 Å². The maximum atomic E-state index is 5.83. The average Bonchev–Trinajstić information content (AvgIpc) is 2.75. The molecular weight excluding hydrogens is 222 g/mol. The molecule has 16 heavy (non-hydrogen) atoms. The maximum Gasteiger partial charge on any atom is 0.131 e. The molecule has 0 aromatic carbocycles. The molecule has 0 spiro atoms. The summed E-state index contributed by atoms with van der Waals surface area (Å²) in [6.45, 7) is 7.29. The zero-order valence-electron chi connectivity index (χ0n) is 10.2. The zero-order valence-corrected chi connectivity index (χ0v) is 11.0. The van der Waals surface area contributed by atoms with E-state index in [9.17, 15) is 0 Å². The van der Waals surface area contributed by atoms with Crippen molar-refractivity contribution < 1.29 is 4.74 Å². The van der Waals surface area contributed by atoms with E-state index >= 15 is 0 Å². The minimum atomic E-state index is 0.250. The van der Waals surface area contributed by atoms with Crippen LogP contribution in [0.1, 0.15) is 36.7 Å². The molecule has 0 radical (unpaired) electrons. The fourth-order valence-corrected chi connectivity index (χ4v) is 3.48. The number of hydrogen-bond acceptors (Lipinski definition) is 5. The van der Waals surface area contributed by atoms with E-state index in [0.29, 0.717) is 17.9 Å². The molecule has 0 bridgehead atoms. The first kappa shape index (κ1) is 12.0. The normalized spacial score (nSPS) is 34.5. The lowest BCUT2D eigenvalue weighted by Crippen LogP contribution is -2.14. The van der Waals surface area contributed by atoms with E-state index in [0.717, 1.165) is 16.6 Å². The molecule has 1 fully saturated rings. The van der Waals surface area contributed by atoms with Crippen LogP contribution in [0.2, 0.25) is 0 Å². The molecule has 2 heterocycles. The lowest BCUT2D eigenvalue weighted by atomic mass is 9.90. The molecule has 5 heteroatoms. The molecule has 1 N–H and O–H groups in total. The second-order valence-corrected chi connectivity index (χ2v) is 5.59. The number of nitrogens with zero attached hydrogens (tertiary/aromatic N) is 2. The third kappa shape index (κ3) is 2.12. The van der Waals surface area contributed by atoms with Gasteiger partial charge in [0.2, 0.25) is 0 Å². The largest absolute Gasteiger partial charge is 0.375 e. The minimum Gasteiger partial charge on any atom is -0.375 e. The lowest BCUT2D eigenvalue weighted by Gasteiger charge is -2.14. The third-order valence-electron chi connectivity index (χ3n) is 3.34. The summed E-state index contributed by atoms with van der Waals surface area (Å²) in [5.74, 6) is 0.920. The molecule has 1 aliphatic heterocycles. The summed E-state index contributed by atoms with van der Waals surface area (Å²) in [7, 11) is 1.92. The van der Waals surface area contributed by atoms with E-state index < -0.39 is 0 Å². The van der Waals surface area contributed by atoms with E-state index in [1.54, 1.807) is 11.3 Å². The van der Waals surface area contributed by atoms with Gasteiger partial charge in [0, 0.05) is 12.5 Å². The van der Waals surface area contributed by atoms with Crippen LogP contribution in [0.25, 0.3) is 0 Å². The molecule has 4 nitrogen and oxygen atoms in total. The van der Waals surface area contributed by atoms with E-state index in [1.807, 2.05) is 7.05 Å². The average molecular weight is 241 g/mol. The fourth-order valence-electron chi connectivity index (χ4n) is 2.32. The second kappa shape index (κ2) is 4.77. The van der Waals surface area contributed by atoms with Crippen LogP contribution >= 0.6 is 11.3 Å². The summed E-state index contributed by atoms with van der Waals surface area (Å²) in [5, 5.41) is 13.8. The summed E-state index contributed by atoms with van der Waals surface area (Å²) < 4.78 is 5.83. The van der Waals surface area contributed by atoms with Gasteiger partial charge in [-0.2, -0.15) is 0 Å². The van der Waals surface area contributed by atoms with Crippen LogP contribution in [0.4, 0.5) is 0 Å². The Balaban J connectivity index is 2.16. The van der Waals surface area contributed by atoms with Gasteiger partial charge in [0.25, 0.3) is 0 Å². The highest BCUT2D eigenvalue weighted by Crippen LogP contribution is 2.40. The highest BCUT2D eigenvalue weighted by Gasteiger charge is 2.39. The quantitative estimate of drug-likeness (QED) is 0.876. The van der Waals surface area contributed by atoms with Crippen molar-refractivity contribution in [3.63, 3.8) is 0 Å². The van der Waals surface area contributed by atoms with Crippen molar-refractivity contribution in [3.05, 3.63) is 10.0 Å². The summed E-state index contributed by atoms with van der Waals surface area (Å²) >= 11 is 1.70. The molecule has 0 aliphatic carbocycles. The first-order chi connectivity index (χ1) is 7.63. The first-order valence-corrected chi connectivity index (χ1v) is 6.57. The predicted molar refractivity (Wildman–Crippen MR) is 64.6 cm³/mol. The Kier molecular flexibility index (Phi) is 3.56. The van der Waals surface area contributed by atoms with Gasteiger partial charge in [-0.1, -0.05) is 18.3 Å². The van der Waals surface area contributed by atoms with Crippen molar-refractivity contribution >= 4 is 11.3 Å². The van der Waals surface area contributed by atoms with Crippen molar-refractivity contribution in [2.75, 3.05) is 7.05 Å². The molecule has 1 aliphatic rings. The van der Waals surface area contributed by atoms with Crippen molar-refractivity contribution in [1.29, 1.82) is 0 Å². The standard InChI is InChI=1S/C11H19N3OS/c1-6-7(2)15-8(3)10(6)11-14-13-9(16-11)5-12-4/h6-8,10,12H,5H2,1-4H3. The highest BCUT2D eigenvalue weighted by molar-refractivity contribution is 7.11. The van der Waals surface area contributed by atoms with Gasteiger partial charge in [0.05, 0.1) is 12.2 Å². The summed E-state index contributed by atoms with van der Waals surface area (Å²) in [5.41, 5.74) is 0. The minimum absolute atomic E-state index is 0.250. The maximum absolute atomic E-state index is 5.83. The number of aromatic nitrogens is 2. The Morgan fingerprint density at radius 2 is 2.00 bits per heavy atom. The van der Waals surface area contributed by atoms with Gasteiger partial charge in [-0.3, -0.25) is 0 Å². The molecule has 1 aromatic rings. The predicted octanol–water partition coefficient (Wildman–Crippen LogP) is 1.78. The van der Waals surface area contributed by atoms with Crippen molar-refractivity contribution in [2.45, 2.75) is 45.4 Å². The smallest absolute Gasteiger partial charge is 0.131 e. The van der Waals surface area contributed by atoms with Gasteiger partial charge in [0.15, 0.2) is 0 Å². The summed E-state index contributed by atoms with van der Waals surface area (Å²) in [6, 6.07) is 0. The van der Waals surface area contributed by atoms with Crippen LogP contribution in [0.15, 0.2) is 0 Å². The van der Waals surface area contributed by atoms with Crippen molar-refractivity contribution in [1.82, 2.24) is 15.5 Å². The highest BCUT2D eigenvalue weighted by atomic mass is 32.1. The van der Waals surface area contributed by atoms with Crippen molar-refractivity contribution in [2.24, 2.45) is 5.92 Å². The van der Waals surface area contributed by atoms with Crippen LogP contribution in [-0.4, -0.2) is 29.5 Å². The van der Waals surface area contributed by atoms with Crippen LogP contribution < -0.4 is 5.32 Å². The van der Waals surface area contributed by atoms with Crippen LogP contribution in [0.5, 0.6) is 0 Å². The van der Waals surface area contributed by atoms with E-state index in [2.05, 4.69) is 36.3 Å². The Morgan fingerprint density at radius 3 is 2.56 bits per heavy atom. The topological polar surface area (TPSA) is 47.0 Å². The second-order valence-electron chi connectivity index (χ2n) is 4.50. The number of nitrogens with one attached hydrogen (secondary N) is 1. The zero-order chi connectivity index (χ0) is 11.7. The molecular formula is C11H19N3OS. The van der Waals surface area contributed by atoms with Gasteiger partial charge in [-0.05, 0) is 26.8 Å². The monoisotopic (exact) mass is 241 g/mol. The Labute approximate surface area is 100 Å².